The molecule has 0 aliphatic rings. The number of rotatable bonds is 9. The number of hydrogen-bond donors (Lipinski definition) is 1. The molecule has 6 heteroatoms. The molecular weight excluding hydrogens is 358 g/mol. The summed E-state index contributed by atoms with van der Waals surface area (Å²) in [6, 6.07) is 15.5. The second-order valence-electron chi connectivity index (χ2n) is 6.18. The van der Waals surface area contributed by atoms with Gasteiger partial charge in [0.25, 0.3) is 0 Å². The Morgan fingerprint density at radius 3 is 2.56 bits per heavy atom. The molecule has 5 nitrogen and oxygen atoms in total. The second kappa shape index (κ2) is 9.19. The van der Waals surface area contributed by atoms with Crippen LogP contribution in [0, 0.1) is 0 Å². The Morgan fingerprint density at radius 1 is 1.15 bits per heavy atom. The number of amides is 1. The van der Waals surface area contributed by atoms with E-state index in [1.165, 1.54) is 16.8 Å². The molecule has 0 atom stereocenters. The summed E-state index contributed by atoms with van der Waals surface area (Å²) in [7, 11) is 0. The molecule has 3 rings (SSSR count). The third kappa shape index (κ3) is 5.31. The average molecular weight is 382 g/mol. The number of anilines is 1. The lowest BCUT2D eigenvalue weighted by molar-refractivity contribution is 0.1000. The lowest BCUT2D eigenvalue weighted by atomic mass is 10.1. The van der Waals surface area contributed by atoms with E-state index in [-0.39, 0.29) is 0 Å². The van der Waals surface area contributed by atoms with Gasteiger partial charge in [-0.15, -0.1) is 11.3 Å². The predicted molar refractivity (Wildman–Crippen MR) is 110 cm³/mol. The zero-order valence-electron chi connectivity index (χ0n) is 15.3. The second-order valence-corrected chi connectivity index (χ2v) is 7.11. The lowest BCUT2D eigenvalue weighted by Crippen LogP contribution is -2.25. The van der Waals surface area contributed by atoms with E-state index in [0.717, 1.165) is 25.9 Å². The fourth-order valence-electron chi connectivity index (χ4n) is 2.75. The summed E-state index contributed by atoms with van der Waals surface area (Å²) in [5.74, 6) is 0.638. The minimum Gasteiger partial charge on any atom is -0.439 e. The monoisotopic (exact) mass is 381 g/mol. The molecule has 0 aliphatic heterocycles. The van der Waals surface area contributed by atoms with E-state index >= 15 is 0 Å². The SMILES string of the molecule is CCCN(CCc1ccc(Oc2ccc(C(N)=O)cn2)cc1)c1cccs1. The predicted octanol–water partition coefficient (Wildman–Crippen LogP) is 4.49. The van der Waals surface area contributed by atoms with Gasteiger partial charge in [0.2, 0.25) is 11.8 Å². The normalized spacial score (nSPS) is 10.6. The number of ether oxygens (including phenoxy) is 1. The van der Waals surface area contributed by atoms with Gasteiger partial charge in [0.15, 0.2) is 0 Å². The maximum absolute atomic E-state index is 11.1. The van der Waals surface area contributed by atoms with Crippen LogP contribution >= 0.6 is 11.3 Å². The lowest BCUT2D eigenvalue weighted by Gasteiger charge is -2.22. The van der Waals surface area contributed by atoms with Crippen molar-refractivity contribution in [3.05, 3.63) is 71.2 Å². The van der Waals surface area contributed by atoms with Crippen molar-refractivity contribution in [3.63, 3.8) is 0 Å². The van der Waals surface area contributed by atoms with Gasteiger partial charge < -0.3 is 15.4 Å². The van der Waals surface area contributed by atoms with Gasteiger partial charge in [-0.25, -0.2) is 4.98 Å². The van der Waals surface area contributed by atoms with Gasteiger partial charge in [-0.2, -0.15) is 0 Å². The molecule has 0 saturated carbocycles. The van der Waals surface area contributed by atoms with Crippen LogP contribution in [-0.4, -0.2) is 24.0 Å². The third-order valence-corrected chi connectivity index (χ3v) is 5.08. The Balaban J connectivity index is 1.57. The van der Waals surface area contributed by atoms with Crippen LogP contribution in [0.25, 0.3) is 0 Å². The van der Waals surface area contributed by atoms with Crippen molar-refractivity contribution < 1.29 is 9.53 Å². The van der Waals surface area contributed by atoms with Crippen LogP contribution in [0.1, 0.15) is 29.3 Å². The number of benzene rings is 1. The largest absolute Gasteiger partial charge is 0.439 e. The van der Waals surface area contributed by atoms with Crippen LogP contribution in [0.2, 0.25) is 0 Å². The molecule has 140 valence electrons. The minimum absolute atomic E-state index is 0.361. The highest BCUT2D eigenvalue weighted by molar-refractivity contribution is 7.14. The number of nitrogens with two attached hydrogens (primary N) is 1. The first-order valence-corrected chi connectivity index (χ1v) is 9.85. The first-order chi connectivity index (χ1) is 13.2. The first-order valence-electron chi connectivity index (χ1n) is 8.97. The number of aromatic nitrogens is 1. The van der Waals surface area contributed by atoms with E-state index in [0.29, 0.717) is 17.2 Å². The van der Waals surface area contributed by atoms with Crippen LogP contribution in [0.3, 0.4) is 0 Å². The van der Waals surface area contributed by atoms with Crippen molar-refractivity contribution in [1.82, 2.24) is 4.98 Å². The first kappa shape index (κ1) is 18.9. The Labute approximate surface area is 163 Å². The van der Waals surface area contributed by atoms with Gasteiger partial charge in [0.1, 0.15) is 5.75 Å². The molecule has 2 N–H and O–H groups in total. The van der Waals surface area contributed by atoms with Crippen molar-refractivity contribution in [2.45, 2.75) is 19.8 Å². The number of carbonyl (C=O) groups excluding carboxylic acids is 1. The molecule has 0 radical (unpaired) electrons. The minimum atomic E-state index is -0.502. The summed E-state index contributed by atoms with van der Waals surface area (Å²) >= 11 is 1.78. The van der Waals surface area contributed by atoms with Crippen molar-refractivity contribution in [2.24, 2.45) is 5.73 Å². The molecule has 0 bridgehead atoms. The summed E-state index contributed by atoms with van der Waals surface area (Å²) in [5.41, 5.74) is 6.83. The van der Waals surface area contributed by atoms with Gasteiger partial charge in [-0.1, -0.05) is 19.1 Å². The van der Waals surface area contributed by atoms with Crippen LogP contribution in [0.5, 0.6) is 11.6 Å². The van der Waals surface area contributed by atoms with Gasteiger partial charge in [0.05, 0.1) is 10.6 Å². The van der Waals surface area contributed by atoms with Crippen LogP contribution < -0.4 is 15.4 Å². The van der Waals surface area contributed by atoms with E-state index < -0.39 is 5.91 Å². The number of primary amides is 1. The summed E-state index contributed by atoms with van der Waals surface area (Å²) in [6.07, 6.45) is 3.52. The van der Waals surface area contributed by atoms with Crippen LogP contribution in [0.4, 0.5) is 5.00 Å². The van der Waals surface area contributed by atoms with Gasteiger partial charge >= 0.3 is 0 Å². The molecule has 0 fully saturated rings. The number of pyridine rings is 1. The number of hydrogen-bond acceptors (Lipinski definition) is 5. The van der Waals surface area contributed by atoms with E-state index in [1.807, 2.05) is 12.1 Å². The zero-order valence-corrected chi connectivity index (χ0v) is 16.1. The van der Waals surface area contributed by atoms with Crippen molar-refractivity contribution in [2.75, 3.05) is 18.0 Å². The van der Waals surface area contributed by atoms with E-state index in [4.69, 9.17) is 10.5 Å². The summed E-state index contributed by atoms with van der Waals surface area (Å²) in [5, 5.41) is 3.44. The Kier molecular flexibility index (Phi) is 6.44. The smallest absolute Gasteiger partial charge is 0.250 e. The van der Waals surface area contributed by atoms with E-state index in [1.54, 1.807) is 23.5 Å². The Morgan fingerprint density at radius 2 is 1.96 bits per heavy atom. The fourth-order valence-corrected chi connectivity index (χ4v) is 3.53. The maximum atomic E-state index is 11.1. The molecule has 2 aromatic heterocycles. The van der Waals surface area contributed by atoms with Gasteiger partial charge in [-0.3, -0.25) is 4.79 Å². The van der Waals surface area contributed by atoms with Gasteiger partial charge in [0, 0.05) is 25.4 Å². The van der Waals surface area contributed by atoms with Crippen LogP contribution in [0.15, 0.2) is 60.1 Å². The number of nitrogens with zero attached hydrogens (tertiary/aromatic N) is 2. The highest BCUT2D eigenvalue weighted by Crippen LogP contribution is 2.23. The van der Waals surface area contributed by atoms with Gasteiger partial charge in [-0.05, 0) is 54.1 Å². The Bertz CT molecular complexity index is 846. The number of thiophene rings is 1. The molecule has 0 spiro atoms. The maximum Gasteiger partial charge on any atom is 0.250 e. The molecule has 1 amide bonds. The fraction of sp³-hybridized carbons (Fsp3) is 0.238. The molecule has 3 aromatic rings. The van der Waals surface area contributed by atoms with E-state index in [9.17, 15) is 4.79 Å². The highest BCUT2D eigenvalue weighted by Gasteiger charge is 2.07. The molecule has 0 saturated heterocycles. The van der Waals surface area contributed by atoms with Crippen molar-refractivity contribution in [1.29, 1.82) is 0 Å². The highest BCUT2D eigenvalue weighted by atomic mass is 32.1. The molecular formula is C21H23N3O2S. The number of carbonyl (C=O) groups is 1. The van der Waals surface area contributed by atoms with Crippen molar-refractivity contribution >= 4 is 22.2 Å². The van der Waals surface area contributed by atoms with E-state index in [2.05, 4.69) is 46.5 Å². The van der Waals surface area contributed by atoms with Crippen LogP contribution in [-0.2, 0) is 6.42 Å². The average Bonchev–Trinajstić information content (AvgIpc) is 3.21. The molecule has 2 heterocycles. The topological polar surface area (TPSA) is 68.5 Å². The standard InChI is InChI=1S/C21H23N3O2S/c1-2-12-24(20-4-3-14-27-20)13-11-16-5-8-18(9-6-16)26-19-10-7-17(15-23-19)21(22)25/h3-10,14-15H,2,11-13H2,1H3,(H2,22,25). The molecule has 0 aliphatic carbocycles. The molecule has 27 heavy (non-hydrogen) atoms. The van der Waals surface area contributed by atoms with Crippen molar-refractivity contribution in [3.8, 4) is 11.6 Å². The quantitative estimate of drug-likeness (QED) is 0.593. The zero-order chi connectivity index (χ0) is 19.1. The Hall–Kier alpha value is -2.86. The summed E-state index contributed by atoms with van der Waals surface area (Å²) in [4.78, 5) is 17.6. The molecule has 0 unspecified atom stereocenters. The molecule has 1 aromatic carbocycles. The third-order valence-electron chi connectivity index (χ3n) is 4.15. The summed E-state index contributed by atoms with van der Waals surface area (Å²) in [6.45, 7) is 4.26. The summed E-state index contributed by atoms with van der Waals surface area (Å²) < 4.78 is 5.72.